The number of alkyl halides is 4. The molecular formula is C31H36F5N5O4. The first-order chi connectivity index (χ1) is 21.2. The van der Waals surface area contributed by atoms with Gasteiger partial charge in [0.2, 0.25) is 5.56 Å². The Bertz CT molecular complexity index is 1530. The molecule has 2 fully saturated rings. The van der Waals surface area contributed by atoms with E-state index in [2.05, 4.69) is 15.2 Å². The summed E-state index contributed by atoms with van der Waals surface area (Å²) in [4.78, 5) is 45.4. The number of ether oxygens (including phenoxy) is 1. The smallest absolute Gasteiger partial charge is 0.410 e. The van der Waals surface area contributed by atoms with Crippen molar-refractivity contribution in [3.63, 3.8) is 0 Å². The van der Waals surface area contributed by atoms with Gasteiger partial charge in [-0.15, -0.1) is 0 Å². The highest BCUT2D eigenvalue weighted by atomic mass is 19.3. The lowest BCUT2D eigenvalue weighted by atomic mass is 9.91. The van der Waals surface area contributed by atoms with E-state index in [1.807, 2.05) is 25.8 Å². The zero-order valence-corrected chi connectivity index (χ0v) is 25.2. The van der Waals surface area contributed by atoms with Gasteiger partial charge in [-0.1, -0.05) is 6.08 Å². The number of hydrogen-bond donors (Lipinski definition) is 2. The highest BCUT2D eigenvalue weighted by Gasteiger charge is 2.48. The lowest BCUT2D eigenvalue weighted by Crippen LogP contribution is -2.55. The molecule has 9 nitrogen and oxygen atoms in total. The van der Waals surface area contributed by atoms with Gasteiger partial charge < -0.3 is 24.8 Å². The molecule has 0 unspecified atom stereocenters. The summed E-state index contributed by atoms with van der Waals surface area (Å²) >= 11 is 0. The fourth-order valence-corrected chi connectivity index (χ4v) is 6.02. The quantitative estimate of drug-likeness (QED) is 0.398. The van der Waals surface area contributed by atoms with Gasteiger partial charge in [0, 0.05) is 74.5 Å². The topological polar surface area (TPSA) is 98.0 Å². The first-order valence-electron chi connectivity index (χ1n) is 14.9. The largest absolute Gasteiger partial charge is 0.446 e. The zero-order valence-electron chi connectivity index (χ0n) is 25.2. The summed E-state index contributed by atoms with van der Waals surface area (Å²) in [6.07, 6.45) is -2.39. The predicted molar refractivity (Wildman–Crippen MR) is 159 cm³/mol. The number of amides is 2. The fourth-order valence-electron chi connectivity index (χ4n) is 6.02. The SMILES string of the molecule is C[C@@H]1CN(c2cc(F)c(C3=CCCN(C(=O)OC4CC(F)(F)C4)CC3)cc2NC(=O)c2c[nH]c(=O)cc2C(F)F)C[C@H](C)N1C. The van der Waals surface area contributed by atoms with Crippen LogP contribution >= 0.6 is 0 Å². The Morgan fingerprint density at radius 2 is 1.78 bits per heavy atom. The standard InChI is InChI=1S/C31H36F5N5O4/c1-17-15-41(16-18(2)39(17)3)26-11-24(32)21(9-25(26)38-29(43)23-14-37-27(42)10-22(23)28(33)34)19-5-4-7-40(8-6-19)30(44)45-20-12-31(35,36)13-20/h5,9-11,14,17-18,20,28H,4,6-8,12-13,15-16H2,1-3H3,(H,37,42)(H,38,43)/t17-,18+. The van der Waals surface area contributed by atoms with Gasteiger partial charge in [0.25, 0.3) is 18.3 Å². The minimum atomic E-state index is -3.08. The first kappa shape index (κ1) is 32.5. The van der Waals surface area contributed by atoms with Gasteiger partial charge in [-0.05, 0) is 51.4 Å². The van der Waals surface area contributed by atoms with Crippen molar-refractivity contribution in [3.05, 3.63) is 63.3 Å². The van der Waals surface area contributed by atoms with Crippen LogP contribution < -0.4 is 15.8 Å². The molecule has 2 atom stereocenters. The van der Waals surface area contributed by atoms with Gasteiger partial charge >= 0.3 is 6.09 Å². The summed E-state index contributed by atoms with van der Waals surface area (Å²) in [6, 6.07) is 3.62. The number of piperazine rings is 1. The summed E-state index contributed by atoms with van der Waals surface area (Å²) in [5.74, 6) is -4.30. The first-order valence-corrected chi connectivity index (χ1v) is 14.9. The number of carbonyl (C=O) groups is 2. The number of H-pyrrole nitrogens is 1. The Labute approximate surface area is 257 Å². The van der Waals surface area contributed by atoms with Crippen molar-refractivity contribution in [2.75, 3.05) is 43.4 Å². The third-order valence-electron chi connectivity index (χ3n) is 8.84. The second-order valence-corrected chi connectivity index (χ2v) is 12.1. The molecule has 1 saturated heterocycles. The Kier molecular flexibility index (Phi) is 9.24. The lowest BCUT2D eigenvalue weighted by Gasteiger charge is -2.44. The number of nitrogens with zero attached hydrogens (tertiary/aromatic N) is 3. The van der Waals surface area contributed by atoms with Gasteiger partial charge in [0.05, 0.1) is 16.9 Å². The Morgan fingerprint density at radius 1 is 1.09 bits per heavy atom. The summed E-state index contributed by atoms with van der Waals surface area (Å²) < 4.78 is 74.9. The molecule has 2 amide bonds. The molecule has 14 heteroatoms. The summed E-state index contributed by atoms with van der Waals surface area (Å²) in [6.45, 7) is 5.45. The van der Waals surface area contributed by atoms with E-state index in [0.29, 0.717) is 36.8 Å². The third-order valence-corrected chi connectivity index (χ3v) is 8.84. The number of rotatable bonds is 6. The Morgan fingerprint density at radius 3 is 2.42 bits per heavy atom. The average Bonchev–Trinajstić information content (AvgIpc) is 3.21. The minimum Gasteiger partial charge on any atom is -0.446 e. The Hall–Kier alpha value is -3.94. The molecule has 1 aromatic carbocycles. The molecule has 0 spiro atoms. The van der Waals surface area contributed by atoms with Crippen molar-refractivity contribution in [1.82, 2.24) is 14.8 Å². The molecule has 244 valence electrons. The van der Waals surface area contributed by atoms with E-state index in [1.54, 1.807) is 6.08 Å². The lowest BCUT2D eigenvalue weighted by molar-refractivity contribution is -0.147. The zero-order chi connectivity index (χ0) is 32.6. The van der Waals surface area contributed by atoms with Crippen LogP contribution in [0.5, 0.6) is 0 Å². The monoisotopic (exact) mass is 637 g/mol. The molecule has 2 aromatic rings. The van der Waals surface area contributed by atoms with Crippen LogP contribution in [0.15, 0.2) is 35.3 Å². The number of halogens is 5. The molecule has 1 aliphatic carbocycles. The van der Waals surface area contributed by atoms with E-state index in [1.165, 1.54) is 17.0 Å². The van der Waals surface area contributed by atoms with Crippen LogP contribution in [0.1, 0.15) is 67.4 Å². The van der Waals surface area contributed by atoms with E-state index in [4.69, 9.17) is 4.74 Å². The number of aromatic nitrogens is 1. The molecule has 3 aliphatic rings. The number of benzene rings is 1. The van der Waals surface area contributed by atoms with E-state index in [9.17, 15) is 31.9 Å². The molecule has 5 rings (SSSR count). The van der Waals surface area contributed by atoms with Crippen LogP contribution in [0.2, 0.25) is 0 Å². The average molecular weight is 638 g/mol. The highest BCUT2D eigenvalue weighted by Crippen LogP contribution is 2.40. The van der Waals surface area contributed by atoms with Crippen molar-refractivity contribution in [2.45, 2.75) is 70.1 Å². The number of aromatic amines is 1. The molecule has 1 saturated carbocycles. The molecule has 45 heavy (non-hydrogen) atoms. The number of likely N-dealkylation sites (N-methyl/N-ethyl adjacent to an activating group) is 1. The van der Waals surface area contributed by atoms with Crippen LogP contribution in [-0.4, -0.2) is 84.1 Å². The number of hydrogen-bond acceptors (Lipinski definition) is 6. The van der Waals surface area contributed by atoms with Crippen molar-refractivity contribution in [2.24, 2.45) is 0 Å². The van der Waals surface area contributed by atoms with E-state index < -0.39 is 65.8 Å². The summed E-state index contributed by atoms with van der Waals surface area (Å²) in [5, 5.41) is 2.68. The van der Waals surface area contributed by atoms with Gasteiger partial charge in [0.15, 0.2) is 0 Å². The molecular weight excluding hydrogens is 601 g/mol. The van der Waals surface area contributed by atoms with Crippen molar-refractivity contribution in [3.8, 4) is 0 Å². The maximum Gasteiger partial charge on any atom is 0.410 e. The van der Waals surface area contributed by atoms with Crippen LogP contribution in [0.3, 0.4) is 0 Å². The summed E-state index contributed by atoms with van der Waals surface area (Å²) in [7, 11) is 1.99. The number of carbonyl (C=O) groups excluding carboxylic acids is 2. The molecule has 0 radical (unpaired) electrons. The highest BCUT2D eigenvalue weighted by molar-refractivity contribution is 6.07. The van der Waals surface area contributed by atoms with E-state index >= 15 is 4.39 Å². The molecule has 2 aliphatic heterocycles. The molecule has 2 N–H and O–H groups in total. The van der Waals surface area contributed by atoms with Crippen LogP contribution in [0, 0.1) is 5.82 Å². The maximum atomic E-state index is 15.9. The van der Waals surface area contributed by atoms with Crippen LogP contribution in [-0.2, 0) is 4.74 Å². The molecule has 0 bridgehead atoms. The van der Waals surface area contributed by atoms with E-state index in [-0.39, 0.29) is 42.8 Å². The van der Waals surface area contributed by atoms with Gasteiger partial charge in [-0.3, -0.25) is 14.5 Å². The van der Waals surface area contributed by atoms with Gasteiger partial charge in [-0.25, -0.2) is 26.7 Å². The molecule has 1 aromatic heterocycles. The summed E-state index contributed by atoms with van der Waals surface area (Å²) in [5.41, 5.74) is -0.656. The van der Waals surface area contributed by atoms with E-state index in [0.717, 1.165) is 6.20 Å². The maximum absolute atomic E-state index is 15.9. The third kappa shape index (κ3) is 7.15. The normalized spacial score (nSPS) is 22.5. The predicted octanol–water partition coefficient (Wildman–Crippen LogP) is 5.65. The Balaban J connectivity index is 1.42. The second-order valence-electron chi connectivity index (χ2n) is 12.1. The van der Waals surface area contributed by atoms with Gasteiger partial charge in [0.1, 0.15) is 11.9 Å². The number of pyridine rings is 1. The van der Waals surface area contributed by atoms with Crippen molar-refractivity contribution < 1.29 is 36.3 Å². The van der Waals surface area contributed by atoms with Gasteiger partial charge in [-0.2, -0.15) is 0 Å². The van der Waals surface area contributed by atoms with Crippen molar-refractivity contribution in [1.29, 1.82) is 0 Å². The van der Waals surface area contributed by atoms with Crippen LogP contribution in [0.4, 0.5) is 38.1 Å². The molecule has 3 heterocycles. The number of nitrogens with one attached hydrogen (secondary N) is 2. The van der Waals surface area contributed by atoms with Crippen molar-refractivity contribution >= 4 is 28.9 Å². The second kappa shape index (κ2) is 12.8. The fraction of sp³-hybridized carbons (Fsp3) is 0.516. The number of anilines is 2. The minimum absolute atomic E-state index is 0.0890. The van der Waals surface area contributed by atoms with Crippen LogP contribution in [0.25, 0.3) is 5.57 Å².